The molecular weight excluding hydrogens is 320 g/mol. The van der Waals surface area contributed by atoms with E-state index in [1.807, 2.05) is 10.8 Å². The number of hydrogen-bond acceptors (Lipinski definition) is 6. The summed E-state index contributed by atoms with van der Waals surface area (Å²) >= 11 is 0. The molecule has 0 fully saturated rings. The molecule has 3 rings (SSSR count). The van der Waals surface area contributed by atoms with Crippen molar-refractivity contribution in [3.63, 3.8) is 0 Å². The van der Waals surface area contributed by atoms with Gasteiger partial charge in [0, 0.05) is 6.42 Å². The highest BCUT2D eigenvalue weighted by Gasteiger charge is 2.22. The van der Waals surface area contributed by atoms with Gasteiger partial charge in [0.2, 0.25) is 10.0 Å². The summed E-state index contributed by atoms with van der Waals surface area (Å²) in [5.74, 6) is -0.710. The largest absolute Gasteiger partial charge is 0.448 e. The minimum absolute atomic E-state index is 0.00146. The molecule has 8 heteroatoms. The molecule has 23 heavy (non-hydrogen) atoms. The highest BCUT2D eigenvalue weighted by Crippen LogP contribution is 2.21. The minimum Gasteiger partial charge on any atom is -0.448 e. The van der Waals surface area contributed by atoms with Gasteiger partial charge in [0.15, 0.2) is 12.1 Å². The number of fused-ring (bicyclic) bond motifs is 1. The Bertz CT molecular complexity index is 841. The van der Waals surface area contributed by atoms with Crippen LogP contribution in [0.1, 0.15) is 39.9 Å². The van der Waals surface area contributed by atoms with Crippen LogP contribution in [0, 0.1) is 0 Å². The summed E-state index contributed by atoms with van der Waals surface area (Å²) in [7, 11) is -3.82. The summed E-state index contributed by atoms with van der Waals surface area (Å²) in [6.07, 6.45) is 1.58. The second-order valence-electron chi connectivity index (χ2n) is 5.26. The third-order valence-electron chi connectivity index (χ3n) is 3.57. The van der Waals surface area contributed by atoms with Gasteiger partial charge in [0.1, 0.15) is 5.76 Å². The number of nitrogens with one attached hydrogen (secondary N) is 1. The van der Waals surface area contributed by atoms with Gasteiger partial charge in [-0.3, -0.25) is 4.79 Å². The molecule has 0 saturated heterocycles. The highest BCUT2D eigenvalue weighted by atomic mass is 32.2. The molecule has 0 radical (unpaired) electrons. The number of carbonyl (C=O) groups excluding carboxylic acids is 1. The zero-order chi connectivity index (χ0) is 16.4. The summed E-state index contributed by atoms with van der Waals surface area (Å²) in [5, 5.41) is 0. The van der Waals surface area contributed by atoms with E-state index in [1.165, 1.54) is 0 Å². The maximum Gasteiger partial charge on any atom is 0.286 e. The van der Waals surface area contributed by atoms with E-state index < -0.39 is 15.9 Å². The van der Waals surface area contributed by atoms with Crippen molar-refractivity contribution in [2.75, 3.05) is 0 Å². The van der Waals surface area contributed by atoms with Crippen LogP contribution >= 0.6 is 0 Å². The normalized spacial score (nSPS) is 13.8. The van der Waals surface area contributed by atoms with E-state index in [4.69, 9.17) is 9.15 Å². The van der Waals surface area contributed by atoms with Gasteiger partial charge in [0.05, 0.1) is 19.0 Å². The lowest BCUT2D eigenvalue weighted by Crippen LogP contribution is -2.32. The molecule has 1 aromatic carbocycles. The first-order chi connectivity index (χ1) is 11.0. The van der Waals surface area contributed by atoms with Crippen LogP contribution in [-0.4, -0.2) is 19.3 Å². The molecule has 0 spiro atoms. The fourth-order valence-corrected chi connectivity index (χ4v) is 3.54. The Hall–Kier alpha value is -2.19. The number of oxazole rings is 1. The van der Waals surface area contributed by atoms with Crippen LogP contribution in [0.2, 0.25) is 0 Å². The number of benzene rings is 1. The van der Waals surface area contributed by atoms with Gasteiger partial charge in [0.25, 0.3) is 5.91 Å². The standard InChI is InChI=1S/C15H16N2O5S/c1-2-13-14(16-9-22-13)15(18)17-23(19,20)8-10-3-4-11-6-21-7-12(11)5-10/h3-5,9H,2,6-8H2,1H3,(H,17,18). The van der Waals surface area contributed by atoms with Gasteiger partial charge < -0.3 is 9.15 Å². The maximum atomic E-state index is 12.2. The molecule has 0 atom stereocenters. The molecule has 0 saturated carbocycles. The van der Waals surface area contributed by atoms with Crippen LogP contribution in [0.5, 0.6) is 0 Å². The molecule has 0 bridgehead atoms. The van der Waals surface area contributed by atoms with Gasteiger partial charge >= 0.3 is 0 Å². The van der Waals surface area contributed by atoms with Crippen molar-refractivity contribution in [1.82, 2.24) is 9.71 Å². The van der Waals surface area contributed by atoms with Crippen molar-refractivity contribution in [1.29, 1.82) is 0 Å². The van der Waals surface area contributed by atoms with E-state index in [0.29, 0.717) is 31.0 Å². The predicted molar refractivity (Wildman–Crippen MR) is 80.9 cm³/mol. The van der Waals surface area contributed by atoms with Crippen molar-refractivity contribution in [3.05, 3.63) is 52.7 Å². The maximum absolute atomic E-state index is 12.2. The summed E-state index contributed by atoms with van der Waals surface area (Å²) in [5.41, 5.74) is 2.64. The molecule has 2 heterocycles. The number of aryl methyl sites for hydroxylation is 1. The topological polar surface area (TPSA) is 98.5 Å². The van der Waals surface area contributed by atoms with E-state index in [2.05, 4.69) is 4.98 Å². The third kappa shape index (κ3) is 3.43. The molecule has 0 aliphatic carbocycles. The Morgan fingerprint density at radius 2 is 2.09 bits per heavy atom. The van der Waals surface area contributed by atoms with Gasteiger partial charge in [-0.1, -0.05) is 25.1 Å². The van der Waals surface area contributed by atoms with Crippen LogP contribution in [0.3, 0.4) is 0 Å². The van der Waals surface area contributed by atoms with E-state index in [0.717, 1.165) is 17.5 Å². The van der Waals surface area contributed by atoms with E-state index in [9.17, 15) is 13.2 Å². The smallest absolute Gasteiger partial charge is 0.286 e. The summed E-state index contributed by atoms with van der Waals surface area (Å²) in [6.45, 7) is 2.82. The fraction of sp³-hybridized carbons (Fsp3) is 0.333. The minimum atomic E-state index is -3.82. The molecule has 1 aliphatic rings. The number of amides is 1. The molecule has 1 aliphatic heterocycles. The molecule has 7 nitrogen and oxygen atoms in total. The van der Waals surface area contributed by atoms with Crippen LogP contribution in [0.25, 0.3) is 0 Å². The average Bonchev–Trinajstić information content (AvgIpc) is 3.14. The average molecular weight is 336 g/mol. The molecule has 1 aromatic heterocycles. The van der Waals surface area contributed by atoms with E-state index in [-0.39, 0.29) is 11.4 Å². The van der Waals surface area contributed by atoms with Crippen LogP contribution in [-0.2, 0) is 40.1 Å². The third-order valence-corrected chi connectivity index (χ3v) is 4.78. The number of aromatic nitrogens is 1. The number of nitrogens with zero attached hydrogens (tertiary/aromatic N) is 1. The number of sulfonamides is 1. The molecule has 1 N–H and O–H groups in total. The molecule has 122 valence electrons. The Balaban J connectivity index is 1.73. The Morgan fingerprint density at radius 3 is 2.87 bits per heavy atom. The van der Waals surface area contributed by atoms with Crippen molar-refractivity contribution in [3.8, 4) is 0 Å². The van der Waals surface area contributed by atoms with Crippen molar-refractivity contribution in [2.45, 2.75) is 32.3 Å². The lowest BCUT2D eigenvalue weighted by Gasteiger charge is -2.07. The lowest BCUT2D eigenvalue weighted by molar-refractivity contribution is 0.0975. The number of hydrogen-bond donors (Lipinski definition) is 1. The quantitative estimate of drug-likeness (QED) is 0.889. The fourth-order valence-electron chi connectivity index (χ4n) is 2.47. The van der Waals surface area contributed by atoms with Gasteiger partial charge in [-0.2, -0.15) is 0 Å². The predicted octanol–water partition coefficient (Wildman–Crippen LogP) is 1.53. The second kappa shape index (κ2) is 6.13. The Labute approximate surface area is 133 Å². The molecule has 1 amide bonds. The Kier molecular flexibility index (Phi) is 4.18. The summed E-state index contributed by atoms with van der Waals surface area (Å²) in [4.78, 5) is 15.8. The molecule has 0 unspecified atom stereocenters. The second-order valence-corrected chi connectivity index (χ2v) is 6.99. The van der Waals surface area contributed by atoms with Gasteiger partial charge in [-0.05, 0) is 16.7 Å². The zero-order valence-electron chi connectivity index (χ0n) is 12.5. The highest BCUT2D eigenvalue weighted by molar-refractivity contribution is 7.89. The number of carbonyl (C=O) groups is 1. The SMILES string of the molecule is CCc1ocnc1C(=O)NS(=O)(=O)Cc1ccc2c(c1)COC2. The van der Waals surface area contributed by atoms with Crippen LogP contribution in [0.15, 0.2) is 29.0 Å². The number of rotatable bonds is 5. The first-order valence-electron chi connectivity index (χ1n) is 7.14. The first-order valence-corrected chi connectivity index (χ1v) is 8.79. The monoisotopic (exact) mass is 336 g/mol. The first kappa shape index (κ1) is 15.7. The van der Waals surface area contributed by atoms with Crippen LogP contribution in [0.4, 0.5) is 0 Å². The number of ether oxygens (including phenoxy) is 1. The van der Waals surface area contributed by atoms with Crippen molar-refractivity contribution >= 4 is 15.9 Å². The summed E-state index contributed by atoms with van der Waals surface area (Å²) < 4.78 is 36.7. The van der Waals surface area contributed by atoms with Crippen molar-refractivity contribution in [2.24, 2.45) is 0 Å². The van der Waals surface area contributed by atoms with E-state index >= 15 is 0 Å². The zero-order valence-corrected chi connectivity index (χ0v) is 13.4. The molecule has 2 aromatic rings. The van der Waals surface area contributed by atoms with Gasteiger partial charge in [-0.15, -0.1) is 0 Å². The Morgan fingerprint density at radius 1 is 1.30 bits per heavy atom. The van der Waals surface area contributed by atoms with E-state index in [1.54, 1.807) is 19.1 Å². The van der Waals surface area contributed by atoms with Crippen LogP contribution < -0.4 is 4.72 Å². The van der Waals surface area contributed by atoms with Gasteiger partial charge in [-0.25, -0.2) is 18.1 Å². The lowest BCUT2D eigenvalue weighted by atomic mass is 10.1. The summed E-state index contributed by atoms with van der Waals surface area (Å²) in [6, 6.07) is 5.37. The van der Waals surface area contributed by atoms with Crippen molar-refractivity contribution < 1.29 is 22.4 Å². The molecular formula is C15H16N2O5S.